The van der Waals surface area contributed by atoms with E-state index in [-0.39, 0.29) is 18.4 Å². The van der Waals surface area contributed by atoms with E-state index in [9.17, 15) is 14.7 Å². The van der Waals surface area contributed by atoms with Crippen LogP contribution in [0.2, 0.25) is 5.02 Å². The van der Waals surface area contributed by atoms with E-state index in [0.717, 1.165) is 24.0 Å². The number of carboxylic acid groups (broad SMARTS) is 1. The topological polar surface area (TPSA) is 70.5 Å². The largest absolute Gasteiger partial charge is 0.481 e. The fourth-order valence-electron chi connectivity index (χ4n) is 4.33. The van der Waals surface area contributed by atoms with E-state index in [1.54, 1.807) is 35.5 Å². The van der Waals surface area contributed by atoms with Crippen LogP contribution in [0.25, 0.3) is 11.1 Å². The van der Waals surface area contributed by atoms with Crippen molar-refractivity contribution in [1.29, 1.82) is 0 Å². The summed E-state index contributed by atoms with van der Waals surface area (Å²) in [5, 5.41) is 10.3. The summed E-state index contributed by atoms with van der Waals surface area (Å²) in [5.74, 6) is -0.872. The summed E-state index contributed by atoms with van der Waals surface area (Å²) in [7, 11) is 0. The second kappa shape index (κ2) is 6.40. The number of likely N-dealkylation sites (tertiary alicyclic amines) is 1. The highest BCUT2D eigenvalue weighted by atomic mass is 35.5. The molecule has 2 aliphatic rings. The summed E-state index contributed by atoms with van der Waals surface area (Å²) in [4.78, 5) is 30.7. The minimum atomic E-state index is -0.775. The molecule has 4 rings (SSSR count). The molecule has 1 aliphatic carbocycles. The van der Waals surface area contributed by atoms with Crippen LogP contribution >= 0.6 is 11.6 Å². The highest BCUT2D eigenvalue weighted by Gasteiger charge is 2.55. The van der Waals surface area contributed by atoms with Crippen molar-refractivity contribution in [3.63, 3.8) is 0 Å². The predicted molar refractivity (Wildman–Crippen MR) is 98.0 cm³/mol. The van der Waals surface area contributed by atoms with E-state index < -0.39 is 11.4 Å². The van der Waals surface area contributed by atoms with Gasteiger partial charge in [-0.15, -0.1) is 0 Å². The molecular formula is C20H19ClN2O3. The molecule has 1 saturated heterocycles. The van der Waals surface area contributed by atoms with Crippen LogP contribution in [-0.4, -0.2) is 40.0 Å². The quantitative estimate of drug-likeness (QED) is 0.893. The molecule has 1 aromatic heterocycles. The van der Waals surface area contributed by atoms with Crippen molar-refractivity contribution in [1.82, 2.24) is 9.88 Å². The van der Waals surface area contributed by atoms with Crippen LogP contribution in [0.1, 0.15) is 29.6 Å². The van der Waals surface area contributed by atoms with E-state index in [2.05, 4.69) is 4.98 Å². The zero-order valence-electron chi connectivity index (χ0n) is 14.2. The van der Waals surface area contributed by atoms with E-state index >= 15 is 0 Å². The van der Waals surface area contributed by atoms with Gasteiger partial charge in [-0.3, -0.25) is 14.6 Å². The maximum Gasteiger partial charge on any atom is 0.311 e. The Morgan fingerprint density at radius 2 is 1.96 bits per heavy atom. The first-order chi connectivity index (χ1) is 12.5. The number of rotatable bonds is 3. The smallest absolute Gasteiger partial charge is 0.311 e. The minimum absolute atomic E-state index is 0.0522. The number of pyridine rings is 1. The van der Waals surface area contributed by atoms with Crippen LogP contribution in [0.4, 0.5) is 0 Å². The van der Waals surface area contributed by atoms with Crippen molar-refractivity contribution in [3.05, 3.63) is 53.3 Å². The average Bonchev–Trinajstić information content (AvgIpc) is 3.20. The lowest BCUT2D eigenvalue weighted by Crippen LogP contribution is -2.37. The normalized spacial score (nSPS) is 24.5. The Morgan fingerprint density at radius 1 is 1.19 bits per heavy atom. The first kappa shape index (κ1) is 17.0. The van der Waals surface area contributed by atoms with Gasteiger partial charge in [-0.25, -0.2) is 0 Å². The molecule has 1 saturated carbocycles. The standard InChI is InChI=1S/C20H19ClN2O3/c21-17-5-3-13(4-6-17)14-8-15(10-22-9-14)18(24)23-11-16-2-1-7-20(16,12-23)19(25)26/h3-6,8-10,16H,1-2,7,11-12H2,(H,25,26)/t16-,20+/m0/s1. The number of halogens is 1. The summed E-state index contributed by atoms with van der Waals surface area (Å²) >= 11 is 5.93. The molecule has 2 fully saturated rings. The Kier molecular flexibility index (Phi) is 4.19. The maximum absolute atomic E-state index is 13.0. The lowest BCUT2D eigenvalue weighted by molar-refractivity contribution is -0.149. The zero-order valence-corrected chi connectivity index (χ0v) is 14.9. The Labute approximate surface area is 156 Å². The average molecular weight is 371 g/mol. The number of hydrogen-bond acceptors (Lipinski definition) is 3. The fourth-order valence-corrected chi connectivity index (χ4v) is 4.46. The molecule has 0 radical (unpaired) electrons. The van der Waals surface area contributed by atoms with Crippen molar-refractivity contribution in [2.75, 3.05) is 13.1 Å². The number of aromatic nitrogens is 1. The number of carboxylic acids is 1. The van der Waals surface area contributed by atoms with E-state index in [0.29, 0.717) is 23.6 Å². The zero-order chi connectivity index (χ0) is 18.3. The molecule has 1 aliphatic heterocycles. The van der Waals surface area contributed by atoms with Gasteiger partial charge in [-0.05, 0) is 42.5 Å². The van der Waals surface area contributed by atoms with E-state index in [1.165, 1.54) is 0 Å². The molecule has 2 aromatic rings. The first-order valence-electron chi connectivity index (χ1n) is 8.73. The summed E-state index contributed by atoms with van der Waals surface area (Å²) in [6.45, 7) is 0.799. The summed E-state index contributed by atoms with van der Waals surface area (Å²) in [6, 6.07) is 9.16. The fraction of sp³-hybridized carbons (Fsp3) is 0.350. The van der Waals surface area contributed by atoms with Crippen LogP contribution in [0.15, 0.2) is 42.7 Å². The molecule has 26 heavy (non-hydrogen) atoms. The molecule has 1 aromatic carbocycles. The summed E-state index contributed by atoms with van der Waals surface area (Å²) in [6.07, 6.45) is 5.70. The monoisotopic (exact) mass is 370 g/mol. The van der Waals surface area contributed by atoms with Gasteiger partial charge in [0.05, 0.1) is 11.0 Å². The Morgan fingerprint density at radius 3 is 2.65 bits per heavy atom. The van der Waals surface area contributed by atoms with E-state index in [4.69, 9.17) is 11.6 Å². The van der Waals surface area contributed by atoms with Gasteiger partial charge in [0.15, 0.2) is 0 Å². The van der Waals surface area contributed by atoms with Crippen LogP contribution in [-0.2, 0) is 4.79 Å². The molecule has 0 bridgehead atoms. The lowest BCUT2D eigenvalue weighted by atomic mass is 9.81. The van der Waals surface area contributed by atoms with Crippen LogP contribution in [0, 0.1) is 11.3 Å². The maximum atomic E-state index is 13.0. The van der Waals surface area contributed by atoms with Gasteiger partial charge >= 0.3 is 5.97 Å². The molecule has 2 heterocycles. The number of aliphatic carboxylic acids is 1. The summed E-state index contributed by atoms with van der Waals surface area (Å²) < 4.78 is 0. The van der Waals surface area contributed by atoms with Crippen LogP contribution < -0.4 is 0 Å². The number of benzene rings is 1. The molecular weight excluding hydrogens is 352 g/mol. The lowest BCUT2D eigenvalue weighted by Gasteiger charge is -2.23. The number of amides is 1. The number of fused-ring (bicyclic) bond motifs is 1. The minimum Gasteiger partial charge on any atom is -0.481 e. The number of carbonyl (C=O) groups excluding carboxylic acids is 1. The first-order valence-corrected chi connectivity index (χ1v) is 9.11. The number of carbonyl (C=O) groups is 2. The number of nitrogens with zero attached hydrogens (tertiary/aromatic N) is 2. The molecule has 134 valence electrons. The van der Waals surface area contributed by atoms with Gasteiger partial charge in [0.2, 0.25) is 0 Å². The Bertz CT molecular complexity index is 868. The van der Waals surface area contributed by atoms with E-state index in [1.807, 2.05) is 12.1 Å². The number of hydrogen-bond donors (Lipinski definition) is 1. The van der Waals surface area contributed by atoms with Crippen LogP contribution in [0.3, 0.4) is 0 Å². The molecule has 5 nitrogen and oxygen atoms in total. The summed E-state index contributed by atoms with van der Waals surface area (Å²) in [5.41, 5.74) is 1.48. The molecule has 0 spiro atoms. The highest BCUT2D eigenvalue weighted by molar-refractivity contribution is 6.30. The molecule has 6 heteroatoms. The predicted octanol–water partition coefficient (Wildman–Crippen LogP) is 3.73. The van der Waals surface area contributed by atoms with Crippen molar-refractivity contribution in [3.8, 4) is 11.1 Å². The van der Waals surface area contributed by atoms with Crippen molar-refractivity contribution < 1.29 is 14.7 Å². The highest BCUT2D eigenvalue weighted by Crippen LogP contribution is 2.49. The van der Waals surface area contributed by atoms with Gasteiger partial charge in [0.25, 0.3) is 5.91 Å². The third kappa shape index (κ3) is 2.76. The molecule has 1 amide bonds. The molecule has 2 atom stereocenters. The SMILES string of the molecule is O=C(c1cncc(-c2ccc(Cl)cc2)c1)N1C[C@@H]2CCC[C@@]2(C(=O)O)C1. The van der Waals surface area contributed by atoms with Gasteiger partial charge in [0, 0.05) is 36.1 Å². The third-order valence-corrected chi connectivity index (χ3v) is 6.00. The Balaban J connectivity index is 1.59. The molecule has 0 unspecified atom stereocenters. The van der Waals surface area contributed by atoms with Gasteiger partial charge in [-0.2, -0.15) is 0 Å². The molecule has 1 N–H and O–H groups in total. The van der Waals surface area contributed by atoms with Crippen LogP contribution in [0.5, 0.6) is 0 Å². The Hall–Kier alpha value is -2.40. The van der Waals surface area contributed by atoms with Crippen molar-refractivity contribution >= 4 is 23.5 Å². The second-order valence-electron chi connectivity index (χ2n) is 7.21. The second-order valence-corrected chi connectivity index (χ2v) is 7.64. The van der Waals surface area contributed by atoms with Crippen molar-refractivity contribution in [2.45, 2.75) is 19.3 Å². The van der Waals surface area contributed by atoms with Gasteiger partial charge in [-0.1, -0.05) is 30.2 Å². The van der Waals surface area contributed by atoms with Gasteiger partial charge in [0.1, 0.15) is 0 Å². The third-order valence-electron chi connectivity index (χ3n) is 5.75. The van der Waals surface area contributed by atoms with Gasteiger partial charge < -0.3 is 10.0 Å². The van der Waals surface area contributed by atoms with Crippen molar-refractivity contribution in [2.24, 2.45) is 11.3 Å².